The predicted octanol–water partition coefficient (Wildman–Crippen LogP) is 1.62. The van der Waals surface area contributed by atoms with Gasteiger partial charge in [-0.3, -0.25) is 9.69 Å². The zero-order valence-corrected chi connectivity index (χ0v) is 16.7. The Bertz CT molecular complexity index is 947. The number of sulfonamides is 1. The van der Waals surface area contributed by atoms with Gasteiger partial charge in [0.25, 0.3) is 0 Å². The van der Waals surface area contributed by atoms with Crippen molar-refractivity contribution < 1.29 is 17.7 Å². The van der Waals surface area contributed by atoms with E-state index in [-0.39, 0.29) is 10.8 Å². The van der Waals surface area contributed by atoms with Gasteiger partial charge in [-0.2, -0.15) is 4.31 Å². The summed E-state index contributed by atoms with van der Waals surface area (Å²) < 4.78 is 32.5. The summed E-state index contributed by atoms with van der Waals surface area (Å²) in [6, 6.07) is 8.54. The molecule has 0 unspecified atom stereocenters. The second-order valence-corrected chi connectivity index (χ2v) is 9.19. The Hall–Kier alpha value is -2.23. The minimum atomic E-state index is -3.54. The number of amides is 1. The van der Waals surface area contributed by atoms with Crippen LogP contribution in [-0.2, 0) is 21.4 Å². The maximum Gasteiger partial charge on any atom is 0.243 e. The van der Waals surface area contributed by atoms with Crippen molar-refractivity contribution in [1.82, 2.24) is 14.4 Å². The molecule has 150 valence electrons. The summed E-state index contributed by atoms with van der Waals surface area (Å²) in [5.74, 6) is 0.865. The van der Waals surface area contributed by atoms with E-state index < -0.39 is 10.0 Å². The van der Waals surface area contributed by atoms with Crippen LogP contribution in [-0.4, -0.2) is 61.4 Å². The number of nitrogens with zero attached hydrogens (tertiary/aromatic N) is 4. The lowest BCUT2D eigenvalue weighted by molar-refractivity contribution is -0.117. The Morgan fingerprint density at radius 3 is 2.36 bits per heavy atom. The van der Waals surface area contributed by atoms with Crippen molar-refractivity contribution in [3.8, 4) is 0 Å². The molecule has 0 spiro atoms. The summed E-state index contributed by atoms with van der Waals surface area (Å²) in [6.45, 7) is 5.36. The van der Waals surface area contributed by atoms with E-state index >= 15 is 0 Å². The third-order valence-electron chi connectivity index (χ3n) is 5.25. The predicted molar refractivity (Wildman–Crippen MR) is 103 cm³/mol. The first-order chi connectivity index (χ1) is 13.4. The van der Waals surface area contributed by atoms with Gasteiger partial charge in [0.05, 0.1) is 10.6 Å². The van der Waals surface area contributed by atoms with Crippen LogP contribution < -0.4 is 4.90 Å². The topological polar surface area (TPSA) is 87.0 Å². The molecule has 0 atom stereocenters. The van der Waals surface area contributed by atoms with Gasteiger partial charge in [-0.1, -0.05) is 5.16 Å². The zero-order chi connectivity index (χ0) is 19.7. The summed E-state index contributed by atoms with van der Waals surface area (Å²) in [5, 5.41) is 3.99. The zero-order valence-electron chi connectivity index (χ0n) is 15.9. The van der Waals surface area contributed by atoms with E-state index in [1.807, 2.05) is 13.0 Å². The first-order valence-corrected chi connectivity index (χ1v) is 10.9. The van der Waals surface area contributed by atoms with Crippen molar-refractivity contribution in [2.45, 2.75) is 31.2 Å². The number of aromatic nitrogens is 1. The van der Waals surface area contributed by atoms with Crippen molar-refractivity contribution in [2.24, 2.45) is 0 Å². The van der Waals surface area contributed by atoms with Crippen LogP contribution >= 0.6 is 0 Å². The molecule has 1 aromatic carbocycles. The van der Waals surface area contributed by atoms with E-state index in [4.69, 9.17) is 4.52 Å². The van der Waals surface area contributed by atoms with E-state index in [0.717, 1.165) is 23.6 Å². The lowest BCUT2D eigenvalue weighted by atomic mass is 10.3. The first kappa shape index (κ1) is 19.1. The van der Waals surface area contributed by atoms with E-state index in [1.165, 1.54) is 4.31 Å². The van der Waals surface area contributed by atoms with Crippen LogP contribution in [0.25, 0.3) is 0 Å². The summed E-state index contributed by atoms with van der Waals surface area (Å²) in [5.41, 5.74) is 1.62. The van der Waals surface area contributed by atoms with E-state index in [9.17, 15) is 13.2 Å². The maximum absolute atomic E-state index is 13.0. The van der Waals surface area contributed by atoms with Crippen LogP contribution in [0.4, 0.5) is 5.69 Å². The van der Waals surface area contributed by atoms with E-state index in [2.05, 4.69) is 10.1 Å². The Balaban J connectivity index is 1.39. The number of hydrogen-bond acceptors (Lipinski definition) is 6. The van der Waals surface area contributed by atoms with Gasteiger partial charge in [0.15, 0.2) is 0 Å². The number of anilines is 1. The largest absolute Gasteiger partial charge is 0.361 e. The van der Waals surface area contributed by atoms with Crippen LogP contribution in [0.5, 0.6) is 0 Å². The van der Waals surface area contributed by atoms with Crippen molar-refractivity contribution in [3.05, 3.63) is 41.8 Å². The van der Waals surface area contributed by atoms with Gasteiger partial charge in [-0.15, -0.1) is 0 Å². The van der Waals surface area contributed by atoms with Gasteiger partial charge >= 0.3 is 0 Å². The molecule has 4 rings (SSSR count). The van der Waals surface area contributed by atoms with Crippen LogP contribution in [0.2, 0.25) is 0 Å². The Kier molecular flexibility index (Phi) is 5.22. The molecule has 1 aromatic heterocycles. The highest BCUT2D eigenvalue weighted by molar-refractivity contribution is 7.89. The van der Waals surface area contributed by atoms with Crippen LogP contribution in [0.15, 0.2) is 39.8 Å². The lowest BCUT2D eigenvalue weighted by Gasteiger charge is -2.33. The standard InChI is InChI=1S/C19H24N4O4S/c1-15-13-16(20-27-15)14-21-9-11-22(12-10-21)28(25,26)18-6-4-17(5-7-18)23-8-2-3-19(23)24/h4-7,13H,2-3,8-12,14H2,1H3. The molecule has 2 fully saturated rings. The second kappa shape index (κ2) is 7.65. The van der Waals surface area contributed by atoms with Gasteiger partial charge < -0.3 is 9.42 Å². The molecule has 2 saturated heterocycles. The fourth-order valence-electron chi connectivity index (χ4n) is 3.72. The molecule has 0 aliphatic carbocycles. The van der Waals surface area contributed by atoms with Crippen LogP contribution in [0.3, 0.4) is 0 Å². The van der Waals surface area contributed by atoms with Gasteiger partial charge in [0, 0.05) is 57.4 Å². The molecule has 0 saturated carbocycles. The lowest BCUT2D eigenvalue weighted by Crippen LogP contribution is -2.48. The quantitative estimate of drug-likeness (QED) is 0.753. The minimum Gasteiger partial charge on any atom is -0.361 e. The monoisotopic (exact) mass is 404 g/mol. The number of hydrogen-bond donors (Lipinski definition) is 0. The molecular weight excluding hydrogens is 380 g/mol. The number of piperazine rings is 1. The fraction of sp³-hybridized carbons (Fsp3) is 0.474. The molecule has 2 aliphatic heterocycles. The molecule has 0 N–H and O–H groups in total. The van der Waals surface area contributed by atoms with Gasteiger partial charge in [0.1, 0.15) is 5.76 Å². The highest BCUT2D eigenvalue weighted by Gasteiger charge is 2.29. The molecule has 9 heteroatoms. The highest BCUT2D eigenvalue weighted by atomic mass is 32.2. The van der Waals surface area contributed by atoms with Crippen LogP contribution in [0.1, 0.15) is 24.3 Å². The molecular formula is C19H24N4O4S. The number of benzene rings is 1. The average molecular weight is 404 g/mol. The van der Waals surface area contributed by atoms with Gasteiger partial charge in [-0.25, -0.2) is 8.42 Å². The molecule has 3 heterocycles. The van der Waals surface area contributed by atoms with E-state index in [0.29, 0.717) is 45.7 Å². The summed E-state index contributed by atoms with van der Waals surface area (Å²) >= 11 is 0. The molecule has 2 aliphatic rings. The molecule has 0 radical (unpaired) electrons. The average Bonchev–Trinajstić information content (AvgIpc) is 3.30. The number of carbonyl (C=O) groups is 1. The summed E-state index contributed by atoms with van der Waals surface area (Å²) in [4.78, 5) is 16.0. The molecule has 28 heavy (non-hydrogen) atoms. The summed E-state index contributed by atoms with van der Waals surface area (Å²) in [7, 11) is -3.54. The van der Waals surface area contributed by atoms with Crippen molar-refractivity contribution in [3.63, 3.8) is 0 Å². The molecule has 2 aromatic rings. The third-order valence-corrected chi connectivity index (χ3v) is 7.17. The van der Waals surface area contributed by atoms with Crippen LogP contribution in [0, 0.1) is 6.92 Å². The molecule has 1 amide bonds. The maximum atomic E-state index is 13.0. The Labute approximate surface area is 164 Å². The fourth-order valence-corrected chi connectivity index (χ4v) is 5.14. The Morgan fingerprint density at radius 2 is 1.79 bits per heavy atom. The number of carbonyl (C=O) groups excluding carboxylic acids is 1. The van der Waals surface area contributed by atoms with Gasteiger partial charge in [-0.05, 0) is 37.6 Å². The van der Waals surface area contributed by atoms with Crippen molar-refractivity contribution in [1.29, 1.82) is 0 Å². The summed E-state index contributed by atoms with van der Waals surface area (Å²) in [6.07, 6.45) is 1.40. The first-order valence-electron chi connectivity index (χ1n) is 9.48. The number of rotatable bonds is 5. The molecule has 0 bridgehead atoms. The van der Waals surface area contributed by atoms with Gasteiger partial charge in [0.2, 0.25) is 15.9 Å². The smallest absolute Gasteiger partial charge is 0.243 e. The Morgan fingerprint density at radius 1 is 1.07 bits per heavy atom. The normalized spacial score (nSPS) is 19.5. The minimum absolute atomic E-state index is 0.0917. The second-order valence-electron chi connectivity index (χ2n) is 7.25. The van der Waals surface area contributed by atoms with Crippen molar-refractivity contribution in [2.75, 3.05) is 37.6 Å². The number of aryl methyl sites for hydroxylation is 1. The molecule has 8 nitrogen and oxygen atoms in total. The SMILES string of the molecule is Cc1cc(CN2CCN(S(=O)(=O)c3ccc(N4CCCC4=O)cc3)CC2)no1. The van der Waals surface area contributed by atoms with E-state index in [1.54, 1.807) is 29.2 Å². The highest BCUT2D eigenvalue weighted by Crippen LogP contribution is 2.25. The third kappa shape index (κ3) is 3.82. The van der Waals surface area contributed by atoms with Crippen molar-refractivity contribution >= 4 is 21.6 Å².